The van der Waals surface area contributed by atoms with Gasteiger partial charge >= 0.3 is 140 Å². The molecule has 0 spiro atoms. The summed E-state index contributed by atoms with van der Waals surface area (Å²) in [7, 11) is 0. The minimum atomic E-state index is -4.93. The molecule has 0 saturated carbocycles. The van der Waals surface area contributed by atoms with Gasteiger partial charge in [0.1, 0.15) is 0 Å². The van der Waals surface area contributed by atoms with E-state index in [1.54, 1.807) is 30.3 Å². The van der Waals surface area contributed by atoms with E-state index in [9.17, 15) is 13.3 Å². The van der Waals surface area contributed by atoms with Crippen LogP contribution in [-0.4, -0.2) is 31.3 Å². The first kappa shape index (κ1) is 18.0. The first-order chi connectivity index (χ1) is 11.4. The van der Waals surface area contributed by atoms with E-state index in [2.05, 4.69) is 7.70 Å². The van der Waals surface area contributed by atoms with Crippen molar-refractivity contribution in [1.29, 1.82) is 0 Å². The number of hydroxylamine groups is 1. The first-order valence-corrected chi connectivity index (χ1v) is 9.94. The number of carbonyl (C=O) groups is 2. The van der Waals surface area contributed by atoms with Crippen LogP contribution in [-0.2, 0) is 16.2 Å². The van der Waals surface area contributed by atoms with Crippen molar-refractivity contribution in [3.05, 3.63) is 60.2 Å². The van der Waals surface area contributed by atoms with Gasteiger partial charge in [0.15, 0.2) is 0 Å². The van der Waals surface area contributed by atoms with Gasteiger partial charge in [-0.15, -0.1) is 0 Å². The second-order valence-corrected chi connectivity index (χ2v) is 8.48. The number of nitrogens with one attached hydrogen (secondary N) is 1. The summed E-state index contributed by atoms with van der Waals surface area (Å²) >= 11 is -4.93. The number of ether oxygens (including phenoxy) is 1. The van der Waals surface area contributed by atoms with Crippen molar-refractivity contribution in [2.75, 3.05) is 0 Å². The van der Waals surface area contributed by atoms with Gasteiger partial charge in [-0.2, -0.15) is 0 Å². The molecule has 126 valence electrons. The second kappa shape index (κ2) is 7.94. The fraction of sp³-hybridized carbons (Fsp3) is 0.0667. The summed E-state index contributed by atoms with van der Waals surface area (Å²) in [6.07, 6.45) is 0. The van der Waals surface area contributed by atoms with Gasteiger partial charge in [-0.05, 0) is 0 Å². The van der Waals surface area contributed by atoms with Gasteiger partial charge in [0.2, 0.25) is 0 Å². The number of rotatable bonds is 6. The van der Waals surface area contributed by atoms with Crippen LogP contribution in [0.1, 0.15) is 17.3 Å². The summed E-state index contributed by atoms with van der Waals surface area (Å²) in [6, 6.07) is 13.8. The van der Waals surface area contributed by atoms with Crippen LogP contribution >= 0.6 is 0 Å². The van der Waals surface area contributed by atoms with E-state index in [4.69, 9.17) is 9.99 Å². The van der Waals surface area contributed by atoms with E-state index < -0.39 is 26.0 Å². The van der Waals surface area contributed by atoms with Crippen molar-refractivity contribution >= 4 is 30.4 Å². The van der Waals surface area contributed by atoms with Crippen LogP contribution in [0.4, 0.5) is 0 Å². The third-order valence-corrected chi connectivity index (χ3v) is 5.83. The molecule has 0 bridgehead atoms. The summed E-state index contributed by atoms with van der Waals surface area (Å²) in [6.45, 7) is 1.13. The Morgan fingerprint density at radius 2 is 1.79 bits per heavy atom. The molecule has 0 aliphatic rings. The Balaban J connectivity index is 2.20. The summed E-state index contributed by atoms with van der Waals surface area (Å²) < 4.78 is 26.2. The zero-order chi connectivity index (χ0) is 17.6. The Morgan fingerprint density at radius 1 is 1.08 bits per heavy atom. The molecule has 0 radical (unpaired) electrons. The molecule has 1 atom stereocenters. The van der Waals surface area contributed by atoms with E-state index in [1.807, 2.05) is 5.48 Å². The summed E-state index contributed by atoms with van der Waals surface area (Å²) in [4.78, 5) is 22.9. The Labute approximate surface area is 140 Å². The summed E-state index contributed by atoms with van der Waals surface area (Å²) in [5.41, 5.74) is 2.19. The predicted molar refractivity (Wildman–Crippen MR) is 82.5 cm³/mol. The number of amides is 1. The summed E-state index contributed by atoms with van der Waals surface area (Å²) in [5.74, 6) is -1.16. The van der Waals surface area contributed by atoms with E-state index in [0.29, 0.717) is 5.56 Å². The molecular weight excluding hydrogens is 381 g/mol. The Hall–Kier alpha value is -2.38. The molecular formula is C15H14AsNO7. The predicted octanol–water partition coefficient (Wildman–Crippen LogP) is 1.04. The van der Waals surface area contributed by atoms with Crippen LogP contribution in [0.15, 0.2) is 54.6 Å². The fourth-order valence-corrected chi connectivity index (χ4v) is 3.87. The van der Waals surface area contributed by atoms with Crippen LogP contribution in [0, 0.1) is 0 Å². The van der Waals surface area contributed by atoms with Gasteiger partial charge in [0, 0.05) is 0 Å². The van der Waals surface area contributed by atoms with Gasteiger partial charge in [-0.25, -0.2) is 0 Å². The topological polar surface area (TPSA) is 111 Å². The molecule has 8 nitrogen and oxygen atoms in total. The van der Waals surface area contributed by atoms with Crippen LogP contribution in [0.3, 0.4) is 0 Å². The number of benzene rings is 2. The minimum absolute atomic E-state index is 0.0530. The average molecular weight is 395 g/mol. The second-order valence-electron chi connectivity index (χ2n) is 4.58. The number of esters is 1. The third-order valence-electron chi connectivity index (χ3n) is 2.77. The first-order valence-electron chi connectivity index (χ1n) is 6.71. The number of carbonyl (C=O) groups excluding carboxylic acids is 2. The molecule has 24 heavy (non-hydrogen) atoms. The van der Waals surface area contributed by atoms with Crippen LogP contribution in [0.25, 0.3) is 0 Å². The normalized spacial score (nSPS) is 12.9. The molecule has 2 aromatic rings. The molecule has 1 unspecified atom stereocenters. The SMILES string of the molecule is CC(=O)NO[As](=O)(OO)c1cccc(OC(=O)c2ccccc2)c1. The molecule has 2 rings (SSSR count). The zero-order valence-corrected chi connectivity index (χ0v) is 14.4. The van der Waals surface area contributed by atoms with E-state index >= 15 is 0 Å². The Kier molecular flexibility index (Phi) is 5.94. The van der Waals surface area contributed by atoms with E-state index in [-0.39, 0.29) is 10.1 Å². The monoisotopic (exact) mass is 395 g/mol. The van der Waals surface area contributed by atoms with Crippen molar-refractivity contribution in [3.63, 3.8) is 0 Å². The molecule has 0 aliphatic carbocycles. The molecule has 9 heteroatoms. The summed E-state index contributed by atoms with van der Waals surface area (Å²) in [5, 5.41) is 8.88. The van der Waals surface area contributed by atoms with Gasteiger partial charge in [0.05, 0.1) is 0 Å². The van der Waals surface area contributed by atoms with Crippen molar-refractivity contribution in [2.45, 2.75) is 6.92 Å². The molecule has 2 N–H and O–H groups in total. The van der Waals surface area contributed by atoms with Gasteiger partial charge < -0.3 is 0 Å². The van der Waals surface area contributed by atoms with Gasteiger partial charge in [0.25, 0.3) is 0 Å². The van der Waals surface area contributed by atoms with E-state index in [0.717, 1.165) is 6.92 Å². The maximum atomic E-state index is 12.4. The van der Waals surface area contributed by atoms with Gasteiger partial charge in [-0.3, -0.25) is 0 Å². The van der Waals surface area contributed by atoms with Crippen molar-refractivity contribution in [2.24, 2.45) is 0 Å². The molecule has 0 aromatic heterocycles. The van der Waals surface area contributed by atoms with E-state index in [1.165, 1.54) is 24.3 Å². The Bertz CT molecular complexity index is 778. The van der Waals surface area contributed by atoms with Gasteiger partial charge in [-0.1, -0.05) is 0 Å². The number of hydrogen-bond acceptors (Lipinski definition) is 7. The third kappa shape index (κ3) is 4.56. The van der Waals surface area contributed by atoms with Crippen LogP contribution < -0.4 is 14.6 Å². The molecule has 2 aromatic carbocycles. The Morgan fingerprint density at radius 3 is 2.42 bits per heavy atom. The molecule has 0 fully saturated rings. The van der Waals surface area contributed by atoms with Crippen LogP contribution in [0.2, 0.25) is 0 Å². The molecule has 1 amide bonds. The standard InChI is InChI=1S/C15H14AsNO7/c1-11(18)17-23-16(20,24-21)13-8-5-9-14(10-13)22-15(19)12-6-3-2-4-7-12/h2-10,21H,1H3,(H,17,18). The van der Waals surface area contributed by atoms with Crippen LogP contribution in [0.5, 0.6) is 5.75 Å². The molecule has 0 aliphatic heterocycles. The molecule has 0 heterocycles. The zero-order valence-electron chi connectivity index (χ0n) is 12.5. The average Bonchev–Trinajstić information content (AvgIpc) is 2.60. The quantitative estimate of drug-likeness (QED) is 0.247. The number of hydrogen-bond donors (Lipinski definition) is 2. The fourth-order valence-electron chi connectivity index (χ4n) is 1.70. The molecule has 0 saturated heterocycles. The van der Waals surface area contributed by atoms with Crippen molar-refractivity contribution in [1.82, 2.24) is 5.48 Å². The van der Waals surface area contributed by atoms with Crippen molar-refractivity contribution in [3.8, 4) is 5.75 Å². The van der Waals surface area contributed by atoms with Crippen molar-refractivity contribution < 1.29 is 31.0 Å². The maximum absolute atomic E-state index is 12.4.